The molecule has 0 radical (unpaired) electrons. The second-order valence-corrected chi connectivity index (χ2v) is 4.61. The molecule has 1 fully saturated rings. The number of carbonyl (C=O) groups is 1. The Hall–Kier alpha value is -1.86. The van der Waals surface area contributed by atoms with Crippen LogP contribution in [0.3, 0.4) is 0 Å². The van der Waals surface area contributed by atoms with Crippen molar-refractivity contribution in [2.24, 2.45) is 0 Å². The van der Waals surface area contributed by atoms with Crippen LogP contribution in [0.2, 0.25) is 0 Å². The topological polar surface area (TPSA) is 58.1 Å². The minimum atomic E-state index is -4.41. The third kappa shape index (κ3) is 3.82. The number of alkyl halides is 3. The van der Waals surface area contributed by atoms with E-state index in [1.165, 1.54) is 12.1 Å². The molecule has 2 rings (SSSR count). The molecule has 110 valence electrons. The first-order chi connectivity index (χ1) is 9.40. The zero-order valence-corrected chi connectivity index (χ0v) is 10.9. The summed E-state index contributed by atoms with van der Waals surface area (Å²) in [6.45, 7) is 1.27. The minimum Gasteiger partial charge on any atom is -0.369 e. The fourth-order valence-electron chi connectivity index (χ4n) is 1.81. The number of hydrogen-bond donors (Lipinski definition) is 1. The minimum absolute atomic E-state index is 0.0668. The lowest BCUT2D eigenvalue weighted by atomic mass is 10.3. The van der Waals surface area contributed by atoms with E-state index in [1.54, 1.807) is 0 Å². The van der Waals surface area contributed by atoms with E-state index in [1.807, 2.05) is 6.92 Å². The molecular formula is C12H15F3N4O. The molecule has 1 saturated carbocycles. The summed E-state index contributed by atoms with van der Waals surface area (Å²) in [5.41, 5.74) is -0.0668. The van der Waals surface area contributed by atoms with Crippen molar-refractivity contribution in [3.05, 3.63) is 17.8 Å². The summed E-state index contributed by atoms with van der Waals surface area (Å²) in [6.07, 6.45) is -3.20. The van der Waals surface area contributed by atoms with Gasteiger partial charge in [0, 0.05) is 12.6 Å². The van der Waals surface area contributed by atoms with Crippen LogP contribution in [0.15, 0.2) is 12.1 Å². The maximum Gasteiger partial charge on any atom is 0.406 e. The van der Waals surface area contributed by atoms with Gasteiger partial charge in [0.05, 0.1) is 0 Å². The number of nitrogens with one attached hydrogen (secondary N) is 1. The summed E-state index contributed by atoms with van der Waals surface area (Å²) in [5, 5.41) is 10.3. The molecule has 1 aromatic rings. The number of halogens is 3. The van der Waals surface area contributed by atoms with E-state index in [0.29, 0.717) is 25.2 Å². The van der Waals surface area contributed by atoms with Gasteiger partial charge < -0.3 is 10.2 Å². The fraction of sp³-hybridized carbons (Fsp3) is 0.583. The van der Waals surface area contributed by atoms with Crippen LogP contribution in [0.5, 0.6) is 0 Å². The van der Waals surface area contributed by atoms with Crippen molar-refractivity contribution in [3.63, 3.8) is 0 Å². The van der Waals surface area contributed by atoms with Gasteiger partial charge >= 0.3 is 6.18 Å². The predicted molar refractivity (Wildman–Crippen MR) is 66.3 cm³/mol. The molecule has 0 aromatic carbocycles. The van der Waals surface area contributed by atoms with E-state index >= 15 is 0 Å². The van der Waals surface area contributed by atoms with Gasteiger partial charge in [0.1, 0.15) is 12.4 Å². The molecule has 1 N–H and O–H groups in total. The van der Waals surface area contributed by atoms with E-state index < -0.39 is 18.6 Å². The number of hydrogen-bond acceptors (Lipinski definition) is 4. The first kappa shape index (κ1) is 14.5. The molecule has 1 aliphatic carbocycles. The van der Waals surface area contributed by atoms with Crippen LogP contribution >= 0.6 is 0 Å². The molecule has 0 unspecified atom stereocenters. The Kier molecular flexibility index (Phi) is 4.10. The summed E-state index contributed by atoms with van der Waals surface area (Å²) in [6, 6.07) is 2.58. The van der Waals surface area contributed by atoms with Gasteiger partial charge in [-0.05, 0) is 31.9 Å². The lowest BCUT2D eigenvalue weighted by molar-refractivity contribution is -0.141. The highest BCUT2D eigenvalue weighted by Crippen LogP contribution is 2.31. The van der Waals surface area contributed by atoms with Crippen molar-refractivity contribution in [2.75, 3.05) is 18.4 Å². The van der Waals surface area contributed by atoms with Gasteiger partial charge in [-0.2, -0.15) is 13.2 Å². The molecule has 0 saturated heterocycles. The van der Waals surface area contributed by atoms with Crippen LogP contribution in [-0.2, 0) is 0 Å². The highest BCUT2D eigenvalue weighted by molar-refractivity contribution is 5.92. The summed E-state index contributed by atoms with van der Waals surface area (Å²) in [5.74, 6) is -0.238. The maximum absolute atomic E-state index is 12.5. The van der Waals surface area contributed by atoms with Gasteiger partial charge in [0.25, 0.3) is 5.91 Å². The fourth-order valence-corrected chi connectivity index (χ4v) is 1.81. The van der Waals surface area contributed by atoms with Gasteiger partial charge in [-0.15, -0.1) is 10.2 Å². The molecular weight excluding hydrogens is 273 g/mol. The maximum atomic E-state index is 12.5. The predicted octanol–water partition coefficient (Wildman–Crippen LogP) is 2.08. The Morgan fingerprint density at radius 3 is 2.55 bits per heavy atom. The smallest absolute Gasteiger partial charge is 0.369 e. The Morgan fingerprint density at radius 1 is 1.40 bits per heavy atom. The summed E-state index contributed by atoms with van der Waals surface area (Å²) >= 11 is 0. The van der Waals surface area contributed by atoms with Gasteiger partial charge in [-0.25, -0.2) is 0 Å². The number of rotatable bonds is 5. The van der Waals surface area contributed by atoms with Crippen molar-refractivity contribution < 1.29 is 18.0 Å². The summed E-state index contributed by atoms with van der Waals surface area (Å²) < 4.78 is 37.5. The molecule has 8 heteroatoms. The van der Waals surface area contributed by atoms with E-state index in [0.717, 1.165) is 4.90 Å². The van der Waals surface area contributed by atoms with Crippen LogP contribution < -0.4 is 5.32 Å². The highest BCUT2D eigenvalue weighted by atomic mass is 19.4. The third-order valence-corrected chi connectivity index (χ3v) is 2.84. The zero-order chi connectivity index (χ0) is 14.8. The number of anilines is 1. The highest BCUT2D eigenvalue weighted by Gasteiger charge is 2.41. The van der Waals surface area contributed by atoms with Gasteiger partial charge in [0.15, 0.2) is 5.69 Å². The summed E-state index contributed by atoms with van der Waals surface area (Å²) in [7, 11) is 0. The van der Waals surface area contributed by atoms with E-state index in [9.17, 15) is 18.0 Å². The number of carbonyl (C=O) groups excluding carboxylic acids is 1. The Morgan fingerprint density at radius 2 is 2.10 bits per heavy atom. The molecule has 5 nitrogen and oxygen atoms in total. The number of aromatic nitrogens is 2. The molecule has 0 atom stereocenters. The van der Waals surface area contributed by atoms with Crippen molar-refractivity contribution in [1.29, 1.82) is 0 Å². The normalized spacial score (nSPS) is 15.0. The molecule has 20 heavy (non-hydrogen) atoms. The van der Waals surface area contributed by atoms with Crippen LogP contribution in [0.25, 0.3) is 0 Å². The molecule has 1 heterocycles. The Balaban J connectivity index is 2.10. The number of nitrogens with zero attached hydrogens (tertiary/aromatic N) is 3. The average Bonchev–Trinajstić information content (AvgIpc) is 3.20. The SMILES string of the molecule is CCNc1ccc(C(=O)N(CC(F)(F)F)C2CC2)nn1. The van der Waals surface area contributed by atoms with Crippen LogP contribution in [0.4, 0.5) is 19.0 Å². The second-order valence-electron chi connectivity index (χ2n) is 4.61. The van der Waals surface area contributed by atoms with Gasteiger partial charge in [0.2, 0.25) is 0 Å². The monoisotopic (exact) mass is 288 g/mol. The Labute approximate surface area is 114 Å². The first-order valence-corrected chi connectivity index (χ1v) is 6.36. The van der Waals surface area contributed by atoms with Crippen molar-refractivity contribution >= 4 is 11.7 Å². The molecule has 0 aliphatic heterocycles. The van der Waals surface area contributed by atoms with E-state index in [4.69, 9.17) is 0 Å². The molecule has 0 spiro atoms. The van der Waals surface area contributed by atoms with Gasteiger partial charge in [-0.3, -0.25) is 4.79 Å². The first-order valence-electron chi connectivity index (χ1n) is 6.36. The van der Waals surface area contributed by atoms with E-state index in [2.05, 4.69) is 15.5 Å². The van der Waals surface area contributed by atoms with Crippen LogP contribution in [-0.4, -0.2) is 46.3 Å². The van der Waals surface area contributed by atoms with Crippen molar-refractivity contribution in [2.45, 2.75) is 32.0 Å². The standard InChI is InChI=1S/C12H15F3N4O/c1-2-16-10-6-5-9(17-18-10)11(20)19(8-3-4-8)7-12(13,14)15/h5-6,8H,2-4,7H2,1H3,(H,16,18). The van der Waals surface area contributed by atoms with Gasteiger partial charge in [-0.1, -0.05) is 0 Å². The molecule has 1 amide bonds. The van der Waals surface area contributed by atoms with Crippen LogP contribution in [0.1, 0.15) is 30.3 Å². The largest absolute Gasteiger partial charge is 0.406 e. The van der Waals surface area contributed by atoms with Crippen LogP contribution in [0, 0.1) is 0 Å². The van der Waals surface area contributed by atoms with E-state index in [-0.39, 0.29) is 11.7 Å². The molecule has 1 aromatic heterocycles. The quantitative estimate of drug-likeness (QED) is 0.901. The van der Waals surface area contributed by atoms with Crippen molar-refractivity contribution in [1.82, 2.24) is 15.1 Å². The second kappa shape index (κ2) is 5.64. The molecule has 1 aliphatic rings. The summed E-state index contributed by atoms with van der Waals surface area (Å²) in [4.78, 5) is 12.9. The third-order valence-electron chi connectivity index (χ3n) is 2.84. The number of amides is 1. The van der Waals surface area contributed by atoms with Crippen molar-refractivity contribution in [3.8, 4) is 0 Å². The lowest BCUT2D eigenvalue weighted by Crippen LogP contribution is -2.40. The average molecular weight is 288 g/mol. The Bertz CT molecular complexity index is 471. The lowest BCUT2D eigenvalue weighted by Gasteiger charge is -2.23. The molecule has 0 bridgehead atoms. The zero-order valence-electron chi connectivity index (χ0n) is 10.9.